The molecule has 0 saturated heterocycles. The van der Waals surface area contributed by atoms with E-state index in [9.17, 15) is 14.7 Å². The van der Waals surface area contributed by atoms with Gasteiger partial charge in [-0.2, -0.15) is 0 Å². The predicted octanol–water partition coefficient (Wildman–Crippen LogP) is 0.405. The number of carboxylic acids is 1. The number of aromatic nitrogens is 1. The standard InChI is InChI=1S/C12H16N2O4/c1-13(7-12(17)18)5-9-4-10(15)11(16)6-14(9)8-2-3-8/h4,6,8,16H,2-3,5,7H2,1H3,(H,17,18). The van der Waals surface area contributed by atoms with Gasteiger partial charge in [-0.1, -0.05) is 0 Å². The SMILES string of the molecule is CN(CC(=O)O)Cc1cc(=O)c(O)cn1C1CC1. The zero-order chi connectivity index (χ0) is 13.3. The van der Waals surface area contributed by atoms with Gasteiger partial charge >= 0.3 is 5.97 Å². The number of hydrogen-bond acceptors (Lipinski definition) is 4. The van der Waals surface area contributed by atoms with E-state index < -0.39 is 11.4 Å². The van der Waals surface area contributed by atoms with Crippen LogP contribution in [0.1, 0.15) is 24.6 Å². The molecule has 0 radical (unpaired) electrons. The first-order chi connectivity index (χ1) is 8.47. The summed E-state index contributed by atoms with van der Waals surface area (Å²) in [5.74, 6) is -1.16. The molecular formula is C12H16N2O4. The maximum atomic E-state index is 11.4. The fraction of sp³-hybridized carbons (Fsp3) is 0.500. The van der Waals surface area contributed by atoms with Crippen LogP contribution in [0.15, 0.2) is 17.1 Å². The van der Waals surface area contributed by atoms with Crippen molar-refractivity contribution < 1.29 is 15.0 Å². The third kappa shape index (κ3) is 2.89. The second-order valence-corrected chi connectivity index (χ2v) is 4.72. The number of aliphatic carboxylic acids is 1. The van der Waals surface area contributed by atoms with Crippen LogP contribution in [-0.2, 0) is 11.3 Å². The zero-order valence-corrected chi connectivity index (χ0v) is 10.2. The summed E-state index contributed by atoms with van der Waals surface area (Å²) in [5, 5.41) is 18.1. The van der Waals surface area contributed by atoms with Gasteiger partial charge in [0.15, 0.2) is 5.75 Å². The molecule has 6 heteroatoms. The molecule has 1 aromatic rings. The van der Waals surface area contributed by atoms with Crippen molar-refractivity contribution in [1.29, 1.82) is 0 Å². The van der Waals surface area contributed by atoms with Gasteiger partial charge in [0.1, 0.15) is 0 Å². The van der Waals surface area contributed by atoms with Crippen molar-refractivity contribution in [2.75, 3.05) is 13.6 Å². The van der Waals surface area contributed by atoms with Crippen molar-refractivity contribution >= 4 is 5.97 Å². The van der Waals surface area contributed by atoms with Gasteiger partial charge in [0.25, 0.3) is 0 Å². The fourth-order valence-electron chi connectivity index (χ4n) is 1.96. The van der Waals surface area contributed by atoms with E-state index in [-0.39, 0.29) is 12.3 Å². The number of pyridine rings is 1. The smallest absolute Gasteiger partial charge is 0.317 e. The first-order valence-electron chi connectivity index (χ1n) is 5.81. The molecule has 1 aliphatic rings. The van der Waals surface area contributed by atoms with E-state index >= 15 is 0 Å². The average molecular weight is 252 g/mol. The largest absolute Gasteiger partial charge is 0.503 e. The fourth-order valence-corrected chi connectivity index (χ4v) is 1.96. The van der Waals surface area contributed by atoms with Crippen LogP contribution in [0.2, 0.25) is 0 Å². The molecule has 0 aromatic carbocycles. The highest BCUT2D eigenvalue weighted by molar-refractivity contribution is 5.69. The number of carbonyl (C=O) groups is 1. The molecule has 0 atom stereocenters. The van der Waals surface area contributed by atoms with Crippen LogP contribution in [0.4, 0.5) is 0 Å². The van der Waals surface area contributed by atoms with Crippen molar-refractivity contribution in [3.8, 4) is 5.75 Å². The average Bonchev–Trinajstić information content (AvgIpc) is 3.05. The van der Waals surface area contributed by atoms with Crippen molar-refractivity contribution in [1.82, 2.24) is 9.47 Å². The van der Waals surface area contributed by atoms with Crippen molar-refractivity contribution in [3.63, 3.8) is 0 Å². The molecule has 2 N–H and O–H groups in total. The minimum Gasteiger partial charge on any atom is -0.503 e. The molecular weight excluding hydrogens is 236 g/mol. The summed E-state index contributed by atoms with van der Waals surface area (Å²) in [5.41, 5.74) is 0.315. The molecule has 1 heterocycles. The number of carboxylic acid groups (broad SMARTS) is 1. The molecule has 1 fully saturated rings. The summed E-state index contributed by atoms with van der Waals surface area (Å²) in [6.07, 6.45) is 3.50. The Morgan fingerprint density at radius 2 is 2.22 bits per heavy atom. The van der Waals surface area contributed by atoms with Crippen molar-refractivity contribution in [3.05, 3.63) is 28.2 Å². The summed E-state index contributed by atoms with van der Waals surface area (Å²) in [6, 6.07) is 1.70. The van der Waals surface area contributed by atoms with E-state index in [0.29, 0.717) is 12.6 Å². The predicted molar refractivity (Wildman–Crippen MR) is 64.6 cm³/mol. The second-order valence-electron chi connectivity index (χ2n) is 4.72. The van der Waals surface area contributed by atoms with E-state index in [2.05, 4.69) is 0 Å². The first kappa shape index (κ1) is 12.6. The quantitative estimate of drug-likeness (QED) is 0.793. The Morgan fingerprint density at radius 1 is 1.56 bits per heavy atom. The lowest BCUT2D eigenvalue weighted by Crippen LogP contribution is -2.27. The second kappa shape index (κ2) is 4.81. The molecule has 1 aromatic heterocycles. The van der Waals surface area contributed by atoms with Crippen LogP contribution in [0.5, 0.6) is 5.75 Å². The van der Waals surface area contributed by atoms with Crippen LogP contribution in [0.3, 0.4) is 0 Å². The number of likely N-dealkylation sites (N-methyl/N-ethyl adjacent to an activating group) is 1. The minimum atomic E-state index is -0.906. The summed E-state index contributed by atoms with van der Waals surface area (Å²) >= 11 is 0. The highest BCUT2D eigenvalue weighted by Gasteiger charge is 2.25. The lowest BCUT2D eigenvalue weighted by atomic mass is 10.3. The van der Waals surface area contributed by atoms with Gasteiger partial charge in [-0.15, -0.1) is 0 Å². The Balaban J connectivity index is 2.23. The number of rotatable bonds is 5. The maximum Gasteiger partial charge on any atom is 0.317 e. The molecule has 0 spiro atoms. The van der Waals surface area contributed by atoms with Gasteiger partial charge < -0.3 is 14.8 Å². The lowest BCUT2D eigenvalue weighted by molar-refractivity contribution is -0.138. The number of aromatic hydroxyl groups is 1. The van der Waals surface area contributed by atoms with Crippen LogP contribution < -0.4 is 5.43 Å². The summed E-state index contributed by atoms with van der Waals surface area (Å²) < 4.78 is 1.87. The third-order valence-electron chi connectivity index (χ3n) is 2.92. The van der Waals surface area contributed by atoms with E-state index in [4.69, 9.17) is 5.11 Å². The molecule has 2 rings (SSSR count). The molecule has 0 amide bonds. The lowest BCUT2D eigenvalue weighted by Gasteiger charge is -2.18. The van der Waals surface area contributed by atoms with Gasteiger partial charge in [-0.3, -0.25) is 14.5 Å². The van der Waals surface area contributed by atoms with E-state index in [1.54, 1.807) is 11.9 Å². The summed E-state index contributed by atoms with van der Waals surface area (Å²) in [4.78, 5) is 23.7. The van der Waals surface area contributed by atoms with E-state index in [1.165, 1.54) is 12.3 Å². The highest BCUT2D eigenvalue weighted by Crippen LogP contribution is 2.36. The highest BCUT2D eigenvalue weighted by atomic mass is 16.4. The van der Waals surface area contributed by atoms with E-state index in [0.717, 1.165) is 18.5 Å². The molecule has 0 bridgehead atoms. The molecule has 0 aliphatic heterocycles. The van der Waals surface area contributed by atoms with Crippen LogP contribution in [-0.4, -0.2) is 39.2 Å². The Labute approximate surface area is 104 Å². The van der Waals surface area contributed by atoms with Gasteiger partial charge in [0.2, 0.25) is 5.43 Å². The molecule has 1 aliphatic carbocycles. The Bertz CT molecular complexity index is 519. The Hall–Kier alpha value is -1.82. The van der Waals surface area contributed by atoms with Gasteiger partial charge in [-0.25, -0.2) is 0 Å². The molecule has 6 nitrogen and oxygen atoms in total. The third-order valence-corrected chi connectivity index (χ3v) is 2.92. The maximum absolute atomic E-state index is 11.4. The van der Waals surface area contributed by atoms with Crippen LogP contribution in [0, 0.1) is 0 Å². The Kier molecular flexibility index (Phi) is 3.38. The monoisotopic (exact) mass is 252 g/mol. The number of nitrogens with zero attached hydrogens (tertiary/aromatic N) is 2. The molecule has 18 heavy (non-hydrogen) atoms. The summed E-state index contributed by atoms with van der Waals surface area (Å²) in [6.45, 7) is 0.290. The molecule has 0 unspecified atom stereocenters. The first-order valence-corrected chi connectivity index (χ1v) is 5.81. The minimum absolute atomic E-state index is 0.0836. The van der Waals surface area contributed by atoms with Crippen molar-refractivity contribution in [2.24, 2.45) is 0 Å². The molecule has 1 saturated carbocycles. The normalized spacial score (nSPS) is 15.0. The van der Waals surface area contributed by atoms with Crippen molar-refractivity contribution in [2.45, 2.75) is 25.4 Å². The van der Waals surface area contributed by atoms with E-state index in [1.807, 2.05) is 4.57 Å². The van der Waals surface area contributed by atoms with Gasteiger partial charge in [0.05, 0.1) is 12.7 Å². The summed E-state index contributed by atoms with van der Waals surface area (Å²) in [7, 11) is 1.68. The topological polar surface area (TPSA) is 82.8 Å². The Morgan fingerprint density at radius 3 is 2.78 bits per heavy atom. The number of hydrogen-bond donors (Lipinski definition) is 2. The molecule has 98 valence electrons. The van der Waals surface area contributed by atoms with Crippen LogP contribution >= 0.6 is 0 Å². The zero-order valence-electron chi connectivity index (χ0n) is 10.2. The van der Waals surface area contributed by atoms with Crippen LogP contribution in [0.25, 0.3) is 0 Å². The van der Waals surface area contributed by atoms with Gasteiger partial charge in [0, 0.05) is 24.3 Å². The van der Waals surface area contributed by atoms with Gasteiger partial charge in [-0.05, 0) is 19.9 Å².